The standard InChI is InChI=1S/C19H20N2O5/c1-21-8-7-12-9-14-16(26-10-25-14)17(24-2)15(12)18(21)20-13-5-3-11(4-6-13)19(22)23/h3-6,9,18,20H,7-8,10H2,1-2H3,(H,22,23)/t18-/m0/s1. The van der Waals surface area contributed by atoms with Crippen LogP contribution in [-0.2, 0) is 6.42 Å². The third-order valence-electron chi connectivity index (χ3n) is 4.95. The molecule has 0 radical (unpaired) electrons. The second kappa shape index (κ2) is 6.42. The second-order valence-electron chi connectivity index (χ2n) is 6.50. The van der Waals surface area contributed by atoms with Crippen molar-refractivity contribution in [1.82, 2.24) is 0 Å². The van der Waals surface area contributed by atoms with E-state index in [0.29, 0.717) is 11.5 Å². The number of benzene rings is 2. The molecule has 0 aromatic heterocycles. The number of hydrogen-bond acceptors (Lipinski definition) is 6. The Bertz CT molecular complexity index is 850. The number of ether oxygens (including phenoxy) is 3. The van der Waals surface area contributed by atoms with Crippen molar-refractivity contribution in [3.63, 3.8) is 0 Å². The number of nitrogens with one attached hydrogen (secondary N) is 2. The maximum absolute atomic E-state index is 10.9. The molecule has 2 heterocycles. The van der Waals surface area contributed by atoms with Gasteiger partial charge in [0.1, 0.15) is 0 Å². The van der Waals surface area contributed by atoms with Gasteiger partial charge in [0.15, 0.2) is 17.7 Å². The van der Waals surface area contributed by atoms with E-state index in [2.05, 4.69) is 12.4 Å². The quantitative estimate of drug-likeness (QED) is 0.800. The van der Waals surface area contributed by atoms with Gasteiger partial charge < -0.3 is 34.3 Å². The molecular weight excluding hydrogens is 336 g/mol. The number of carboxylic acid groups (broad SMARTS) is 1. The Kier molecular flexibility index (Phi) is 4.08. The molecule has 26 heavy (non-hydrogen) atoms. The highest BCUT2D eigenvalue weighted by molar-refractivity contribution is 5.86. The zero-order valence-electron chi connectivity index (χ0n) is 14.6. The molecular formula is C19H20N2O5. The van der Waals surface area contributed by atoms with Gasteiger partial charge in [-0.25, -0.2) is 0 Å². The van der Waals surface area contributed by atoms with Crippen molar-refractivity contribution in [3.8, 4) is 17.2 Å². The van der Waals surface area contributed by atoms with Gasteiger partial charge in [0.25, 0.3) is 0 Å². The van der Waals surface area contributed by atoms with Crippen LogP contribution in [0.3, 0.4) is 0 Å². The number of carboxylic acids is 1. The van der Waals surface area contributed by atoms with E-state index >= 15 is 0 Å². The maximum atomic E-state index is 10.9. The number of carbonyl (C=O) groups excluding carboxylic acids is 1. The number of quaternary nitrogens is 1. The summed E-state index contributed by atoms with van der Waals surface area (Å²) in [6.07, 6.45) is 0.854. The monoisotopic (exact) mass is 356 g/mol. The van der Waals surface area contributed by atoms with Crippen molar-refractivity contribution in [3.05, 3.63) is 47.0 Å². The van der Waals surface area contributed by atoms with Gasteiger partial charge >= 0.3 is 0 Å². The molecule has 2 aromatic rings. The van der Waals surface area contributed by atoms with Crippen molar-refractivity contribution in [2.45, 2.75) is 12.6 Å². The summed E-state index contributed by atoms with van der Waals surface area (Å²) in [6, 6.07) is 8.58. The molecule has 4 rings (SSSR count). The lowest BCUT2D eigenvalue weighted by molar-refractivity contribution is -0.910. The smallest absolute Gasteiger partial charge is 0.231 e. The summed E-state index contributed by atoms with van der Waals surface area (Å²) in [7, 11) is 3.74. The molecule has 7 nitrogen and oxygen atoms in total. The zero-order chi connectivity index (χ0) is 18.3. The molecule has 2 N–H and O–H groups in total. The van der Waals surface area contributed by atoms with Crippen molar-refractivity contribution in [2.24, 2.45) is 0 Å². The number of fused-ring (bicyclic) bond motifs is 2. The normalized spacial score (nSPS) is 20.4. The van der Waals surface area contributed by atoms with Crippen LogP contribution in [0.25, 0.3) is 0 Å². The van der Waals surface area contributed by atoms with Crippen LogP contribution in [0.2, 0.25) is 0 Å². The summed E-state index contributed by atoms with van der Waals surface area (Å²) in [5.41, 5.74) is 3.19. The minimum atomic E-state index is -1.18. The summed E-state index contributed by atoms with van der Waals surface area (Å²) in [5.74, 6) is 0.867. The first-order valence-corrected chi connectivity index (χ1v) is 8.48. The Morgan fingerprint density at radius 3 is 2.77 bits per heavy atom. The molecule has 0 aliphatic carbocycles. The predicted molar refractivity (Wildman–Crippen MR) is 91.7 cm³/mol. The number of aromatic carboxylic acids is 1. The number of rotatable bonds is 4. The van der Waals surface area contributed by atoms with Crippen LogP contribution in [0.15, 0.2) is 30.3 Å². The molecule has 2 aromatic carbocycles. The Hall–Kier alpha value is -2.93. The van der Waals surface area contributed by atoms with Gasteiger partial charge in [0.2, 0.25) is 12.5 Å². The minimum absolute atomic E-state index is 0.0583. The van der Waals surface area contributed by atoms with Crippen LogP contribution in [0.5, 0.6) is 17.2 Å². The lowest BCUT2D eigenvalue weighted by atomic mass is 9.94. The Morgan fingerprint density at radius 2 is 2.08 bits per heavy atom. The highest BCUT2D eigenvalue weighted by Gasteiger charge is 2.36. The summed E-state index contributed by atoms with van der Waals surface area (Å²) in [5, 5.41) is 14.4. The molecule has 2 aliphatic heterocycles. The molecule has 0 bridgehead atoms. The highest BCUT2D eigenvalue weighted by Crippen LogP contribution is 2.47. The third kappa shape index (κ3) is 2.70. The topological polar surface area (TPSA) is 84.3 Å². The number of carbonyl (C=O) groups is 1. The van der Waals surface area contributed by atoms with Crippen LogP contribution in [0, 0.1) is 0 Å². The predicted octanol–water partition coefficient (Wildman–Crippen LogP) is -0.0311. The number of methoxy groups -OCH3 is 1. The van der Waals surface area contributed by atoms with E-state index in [4.69, 9.17) is 14.2 Å². The molecule has 2 atom stereocenters. The van der Waals surface area contributed by atoms with Crippen molar-refractivity contribution >= 4 is 11.7 Å². The Balaban J connectivity index is 1.72. The van der Waals surface area contributed by atoms with Crippen LogP contribution < -0.4 is 29.5 Å². The minimum Gasteiger partial charge on any atom is -0.545 e. The fourth-order valence-corrected chi connectivity index (χ4v) is 3.59. The van der Waals surface area contributed by atoms with Gasteiger partial charge in [0, 0.05) is 12.1 Å². The first-order chi connectivity index (χ1) is 12.6. The Labute approximate surface area is 151 Å². The SMILES string of the molecule is COc1c2c(cc3c1[C@@H](Nc1ccc(C(=O)[O-])cc1)[NH+](C)CC3)OCO2. The lowest BCUT2D eigenvalue weighted by Crippen LogP contribution is -3.11. The van der Waals surface area contributed by atoms with E-state index in [9.17, 15) is 9.90 Å². The molecule has 7 heteroatoms. The summed E-state index contributed by atoms with van der Waals surface area (Å²) >= 11 is 0. The second-order valence-corrected chi connectivity index (χ2v) is 6.50. The van der Waals surface area contributed by atoms with Crippen LogP contribution in [0.4, 0.5) is 5.69 Å². The first-order valence-electron chi connectivity index (χ1n) is 8.48. The van der Waals surface area contributed by atoms with E-state index in [0.717, 1.165) is 30.0 Å². The average molecular weight is 356 g/mol. The summed E-state index contributed by atoms with van der Waals surface area (Å²) < 4.78 is 16.8. The molecule has 0 amide bonds. The third-order valence-corrected chi connectivity index (χ3v) is 4.95. The molecule has 0 saturated carbocycles. The molecule has 0 saturated heterocycles. The van der Waals surface area contributed by atoms with E-state index < -0.39 is 5.97 Å². The summed E-state index contributed by atoms with van der Waals surface area (Å²) in [4.78, 5) is 12.2. The Morgan fingerprint density at radius 1 is 1.31 bits per heavy atom. The van der Waals surface area contributed by atoms with Crippen LogP contribution in [-0.4, -0.2) is 33.5 Å². The number of likely N-dealkylation sites (N-methyl/N-ethyl adjacent to an activating group) is 1. The van der Waals surface area contributed by atoms with E-state index in [1.807, 2.05) is 6.07 Å². The van der Waals surface area contributed by atoms with Gasteiger partial charge in [-0.1, -0.05) is 12.1 Å². The van der Waals surface area contributed by atoms with E-state index in [1.54, 1.807) is 19.2 Å². The largest absolute Gasteiger partial charge is 0.545 e. The molecule has 0 spiro atoms. The fraction of sp³-hybridized carbons (Fsp3) is 0.316. The maximum Gasteiger partial charge on any atom is 0.231 e. The van der Waals surface area contributed by atoms with Crippen LogP contribution >= 0.6 is 0 Å². The van der Waals surface area contributed by atoms with Crippen molar-refractivity contribution in [1.29, 1.82) is 0 Å². The molecule has 1 unspecified atom stereocenters. The molecule has 136 valence electrons. The van der Waals surface area contributed by atoms with Gasteiger partial charge in [-0.2, -0.15) is 0 Å². The van der Waals surface area contributed by atoms with Crippen molar-refractivity contribution in [2.75, 3.05) is 32.8 Å². The van der Waals surface area contributed by atoms with E-state index in [1.165, 1.54) is 22.6 Å². The molecule has 2 aliphatic rings. The zero-order valence-corrected chi connectivity index (χ0v) is 14.6. The van der Waals surface area contributed by atoms with E-state index in [-0.39, 0.29) is 18.5 Å². The van der Waals surface area contributed by atoms with Gasteiger partial charge in [-0.05, 0) is 29.3 Å². The lowest BCUT2D eigenvalue weighted by Gasteiger charge is -2.33. The fourth-order valence-electron chi connectivity index (χ4n) is 3.59. The van der Waals surface area contributed by atoms with Gasteiger partial charge in [0.05, 0.1) is 32.2 Å². The first kappa shape index (κ1) is 16.5. The van der Waals surface area contributed by atoms with Crippen LogP contribution in [0.1, 0.15) is 27.7 Å². The summed E-state index contributed by atoms with van der Waals surface area (Å²) in [6.45, 7) is 1.14. The van der Waals surface area contributed by atoms with Gasteiger partial charge in [-0.15, -0.1) is 0 Å². The number of anilines is 1. The molecule has 0 fully saturated rings. The number of hydrogen-bond donors (Lipinski definition) is 2. The van der Waals surface area contributed by atoms with Gasteiger partial charge in [-0.3, -0.25) is 0 Å². The van der Waals surface area contributed by atoms with Crippen molar-refractivity contribution < 1.29 is 29.0 Å². The highest BCUT2D eigenvalue weighted by atomic mass is 16.7. The average Bonchev–Trinajstić information content (AvgIpc) is 3.11.